The van der Waals surface area contributed by atoms with Crippen LogP contribution in [0.15, 0.2) is 23.0 Å². The van der Waals surface area contributed by atoms with Gasteiger partial charge in [0, 0.05) is 6.04 Å². The molecule has 1 fully saturated rings. The number of aromatic nitrogens is 2. The van der Waals surface area contributed by atoms with Crippen molar-refractivity contribution in [3.8, 4) is 0 Å². The molecule has 0 radical (unpaired) electrons. The summed E-state index contributed by atoms with van der Waals surface area (Å²) in [6, 6.07) is 6.01. The zero-order chi connectivity index (χ0) is 12.8. The number of H-pyrrole nitrogens is 2. The van der Waals surface area contributed by atoms with E-state index >= 15 is 0 Å². The lowest BCUT2D eigenvalue weighted by atomic mass is 9.78. The van der Waals surface area contributed by atoms with E-state index in [0.717, 1.165) is 16.6 Å². The minimum absolute atomic E-state index is 0.0443. The average Bonchev–Trinajstić information content (AvgIpc) is 2.93. The molecule has 2 aromatic rings. The van der Waals surface area contributed by atoms with Crippen LogP contribution in [0.1, 0.15) is 44.2 Å². The molecule has 0 spiro atoms. The van der Waals surface area contributed by atoms with Crippen LogP contribution in [0.5, 0.6) is 0 Å². The van der Waals surface area contributed by atoms with Crippen molar-refractivity contribution in [3.63, 3.8) is 0 Å². The Labute approximate surface area is 106 Å². The fourth-order valence-electron chi connectivity index (χ4n) is 3.14. The highest BCUT2D eigenvalue weighted by Gasteiger charge is 2.35. The van der Waals surface area contributed by atoms with Gasteiger partial charge in [-0.3, -0.25) is 0 Å². The van der Waals surface area contributed by atoms with E-state index in [0.29, 0.717) is 0 Å². The summed E-state index contributed by atoms with van der Waals surface area (Å²) in [5, 5.41) is 0. The number of rotatable bonds is 2. The number of imidazole rings is 1. The molecule has 4 N–H and O–H groups in total. The van der Waals surface area contributed by atoms with Gasteiger partial charge in [-0.1, -0.05) is 25.8 Å². The first kappa shape index (κ1) is 11.5. The van der Waals surface area contributed by atoms with Crippen LogP contribution >= 0.6 is 0 Å². The summed E-state index contributed by atoms with van der Waals surface area (Å²) in [6.07, 6.45) is 4.92. The molecular formula is C14H19N3O. The molecule has 1 atom stereocenters. The lowest BCUT2D eigenvalue weighted by Crippen LogP contribution is -2.29. The van der Waals surface area contributed by atoms with Crippen molar-refractivity contribution < 1.29 is 0 Å². The maximum Gasteiger partial charge on any atom is 0.323 e. The molecule has 1 heterocycles. The summed E-state index contributed by atoms with van der Waals surface area (Å²) >= 11 is 0. The van der Waals surface area contributed by atoms with Crippen molar-refractivity contribution in [1.29, 1.82) is 0 Å². The van der Waals surface area contributed by atoms with Crippen molar-refractivity contribution in [2.75, 3.05) is 0 Å². The normalized spacial score (nSPS) is 20.3. The van der Waals surface area contributed by atoms with Crippen LogP contribution < -0.4 is 11.4 Å². The van der Waals surface area contributed by atoms with Crippen molar-refractivity contribution in [1.82, 2.24) is 9.97 Å². The van der Waals surface area contributed by atoms with Gasteiger partial charge >= 0.3 is 5.69 Å². The monoisotopic (exact) mass is 245 g/mol. The molecule has 0 aliphatic heterocycles. The first-order chi connectivity index (χ1) is 8.58. The Balaban J connectivity index is 2.00. The molecule has 0 amide bonds. The largest absolute Gasteiger partial charge is 0.323 e. The quantitative estimate of drug-likeness (QED) is 0.760. The second-order valence-corrected chi connectivity index (χ2v) is 5.72. The molecule has 1 unspecified atom stereocenters. The Kier molecular flexibility index (Phi) is 2.55. The van der Waals surface area contributed by atoms with Gasteiger partial charge in [0.15, 0.2) is 0 Å². The number of nitrogens with two attached hydrogens (primary N) is 1. The standard InChI is InChI=1S/C14H19N3O/c1-14(6-2-3-7-14)12(15)9-4-5-10-11(8-9)17-13(18)16-10/h4-5,8,12H,2-3,6-7,15H2,1H3,(H2,16,17,18). The highest BCUT2D eigenvalue weighted by Crippen LogP contribution is 2.46. The third-order valence-electron chi connectivity index (χ3n) is 4.40. The maximum atomic E-state index is 11.2. The molecule has 18 heavy (non-hydrogen) atoms. The third kappa shape index (κ3) is 1.77. The summed E-state index contributed by atoms with van der Waals surface area (Å²) in [4.78, 5) is 16.8. The lowest BCUT2D eigenvalue weighted by molar-refractivity contribution is 0.265. The zero-order valence-corrected chi connectivity index (χ0v) is 10.6. The third-order valence-corrected chi connectivity index (χ3v) is 4.40. The van der Waals surface area contributed by atoms with Crippen molar-refractivity contribution in [2.24, 2.45) is 11.1 Å². The molecule has 1 aliphatic carbocycles. The minimum atomic E-state index is -0.164. The molecule has 3 rings (SSSR count). The van der Waals surface area contributed by atoms with E-state index in [9.17, 15) is 4.79 Å². The maximum absolute atomic E-state index is 11.2. The summed E-state index contributed by atoms with van der Waals surface area (Å²) in [6.45, 7) is 2.27. The van der Waals surface area contributed by atoms with Crippen LogP contribution in [0.4, 0.5) is 0 Å². The van der Waals surface area contributed by atoms with Crippen LogP contribution in [0.3, 0.4) is 0 Å². The van der Waals surface area contributed by atoms with Gasteiger partial charge < -0.3 is 15.7 Å². The predicted molar refractivity (Wildman–Crippen MR) is 72.4 cm³/mol. The van der Waals surface area contributed by atoms with Crippen LogP contribution in [-0.2, 0) is 0 Å². The predicted octanol–water partition coefficient (Wildman–Crippen LogP) is 2.44. The first-order valence-electron chi connectivity index (χ1n) is 6.56. The van der Waals surface area contributed by atoms with Gasteiger partial charge in [0.05, 0.1) is 11.0 Å². The fraction of sp³-hybridized carbons (Fsp3) is 0.500. The lowest BCUT2D eigenvalue weighted by Gasteiger charge is -2.31. The minimum Gasteiger partial charge on any atom is -0.323 e. The number of hydrogen-bond acceptors (Lipinski definition) is 2. The van der Waals surface area contributed by atoms with E-state index in [1.807, 2.05) is 18.2 Å². The number of benzene rings is 1. The van der Waals surface area contributed by atoms with Crippen molar-refractivity contribution in [3.05, 3.63) is 34.2 Å². The molecule has 96 valence electrons. The Bertz CT molecular complexity index is 619. The molecule has 0 bridgehead atoms. The first-order valence-corrected chi connectivity index (χ1v) is 6.56. The molecular weight excluding hydrogens is 226 g/mol. The molecule has 1 aromatic carbocycles. The average molecular weight is 245 g/mol. The summed E-state index contributed by atoms with van der Waals surface area (Å²) in [5.74, 6) is 0. The van der Waals surface area contributed by atoms with Crippen molar-refractivity contribution in [2.45, 2.75) is 38.6 Å². The van der Waals surface area contributed by atoms with Gasteiger partial charge in [0.25, 0.3) is 0 Å². The van der Waals surface area contributed by atoms with Gasteiger partial charge in [0.1, 0.15) is 0 Å². The number of aromatic amines is 2. The zero-order valence-electron chi connectivity index (χ0n) is 10.6. The van der Waals surface area contributed by atoms with E-state index in [2.05, 4.69) is 16.9 Å². The molecule has 4 heteroatoms. The Hall–Kier alpha value is -1.55. The summed E-state index contributed by atoms with van der Waals surface area (Å²) in [5.41, 5.74) is 9.26. The van der Waals surface area contributed by atoms with E-state index in [4.69, 9.17) is 5.73 Å². The molecule has 4 nitrogen and oxygen atoms in total. The smallest absolute Gasteiger partial charge is 0.323 e. The summed E-state index contributed by atoms with van der Waals surface area (Å²) in [7, 11) is 0. The van der Waals surface area contributed by atoms with Gasteiger partial charge in [-0.2, -0.15) is 0 Å². The molecule has 1 aromatic heterocycles. The molecule has 1 aliphatic rings. The van der Waals surface area contributed by atoms with Gasteiger partial charge in [-0.05, 0) is 36.0 Å². The van der Waals surface area contributed by atoms with Crippen LogP contribution in [-0.4, -0.2) is 9.97 Å². The SMILES string of the molecule is CC1(C(N)c2ccc3[nH]c(=O)[nH]c3c2)CCCC1. The number of hydrogen-bond donors (Lipinski definition) is 3. The Morgan fingerprint density at radius 2 is 1.89 bits per heavy atom. The Morgan fingerprint density at radius 1 is 1.22 bits per heavy atom. The number of nitrogens with one attached hydrogen (secondary N) is 2. The second kappa shape index (κ2) is 3.99. The van der Waals surface area contributed by atoms with E-state index in [-0.39, 0.29) is 17.1 Å². The van der Waals surface area contributed by atoms with E-state index in [1.54, 1.807) is 0 Å². The van der Waals surface area contributed by atoms with Crippen LogP contribution in [0.25, 0.3) is 11.0 Å². The van der Waals surface area contributed by atoms with Gasteiger partial charge in [-0.15, -0.1) is 0 Å². The summed E-state index contributed by atoms with van der Waals surface area (Å²) < 4.78 is 0. The van der Waals surface area contributed by atoms with Crippen molar-refractivity contribution >= 4 is 11.0 Å². The Morgan fingerprint density at radius 3 is 2.61 bits per heavy atom. The van der Waals surface area contributed by atoms with Gasteiger partial charge in [0.2, 0.25) is 0 Å². The van der Waals surface area contributed by atoms with Gasteiger partial charge in [-0.25, -0.2) is 4.79 Å². The highest BCUT2D eigenvalue weighted by molar-refractivity contribution is 5.75. The number of fused-ring (bicyclic) bond motifs is 1. The molecule has 1 saturated carbocycles. The van der Waals surface area contributed by atoms with Crippen LogP contribution in [0, 0.1) is 5.41 Å². The second-order valence-electron chi connectivity index (χ2n) is 5.72. The van der Waals surface area contributed by atoms with E-state index in [1.165, 1.54) is 25.7 Å². The topological polar surface area (TPSA) is 74.7 Å². The fourth-order valence-corrected chi connectivity index (χ4v) is 3.14. The highest BCUT2D eigenvalue weighted by atomic mass is 16.1. The molecule has 0 saturated heterocycles. The van der Waals surface area contributed by atoms with E-state index < -0.39 is 0 Å². The van der Waals surface area contributed by atoms with Crippen LogP contribution in [0.2, 0.25) is 0 Å².